The summed E-state index contributed by atoms with van der Waals surface area (Å²) in [4.78, 5) is 31.1. The summed E-state index contributed by atoms with van der Waals surface area (Å²) >= 11 is 0. The Hall–Kier alpha value is -2.77. The molecule has 1 fully saturated rings. The van der Waals surface area contributed by atoms with Crippen molar-refractivity contribution in [1.82, 2.24) is 10.2 Å². The van der Waals surface area contributed by atoms with Crippen molar-refractivity contribution in [3.63, 3.8) is 0 Å². The zero-order valence-electron chi connectivity index (χ0n) is 15.4. The van der Waals surface area contributed by atoms with E-state index in [1.54, 1.807) is 18.2 Å². The zero-order valence-corrected chi connectivity index (χ0v) is 15.4. The molecule has 1 atom stereocenters. The summed E-state index contributed by atoms with van der Waals surface area (Å²) in [5, 5.41) is 5.62. The van der Waals surface area contributed by atoms with Gasteiger partial charge < -0.3 is 19.7 Å². The van der Waals surface area contributed by atoms with E-state index in [0.717, 1.165) is 25.9 Å². The third-order valence-corrected chi connectivity index (χ3v) is 5.10. The van der Waals surface area contributed by atoms with E-state index in [4.69, 9.17) is 9.47 Å². The number of hydrogen-bond acceptors (Lipinski definition) is 6. The standard InChI is InChI=1S/C19H24N4O4/c1-12-4-6-23(7-5-12)19-21-14(18(25)22-19)11-17(24)20-13-2-3-15-16(10-13)27-9-8-26-15/h2-3,10,12,14H,4-9,11H2,1H3,(H,20,24)(H,21,22,25). The number of nitrogens with zero attached hydrogens (tertiary/aromatic N) is 2. The van der Waals surface area contributed by atoms with Crippen LogP contribution >= 0.6 is 0 Å². The van der Waals surface area contributed by atoms with Gasteiger partial charge in [0, 0.05) is 24.8 Å². The van der Waals surface area contributed by atoms with Gasteiger partial charge in [0.25, 0.3) is 5.91 Å². The predicted molar refractivity (Wildman–Crippen MR) is 100 cm³/mol. The highest BCUT2D eigenvalue weighted by Crippen LogP contribution is 2.32. The lowest BCUT2D eigenvalue weighted by molar-refractivity contribution is -0.124. The van der Waals surface area contributed by atoms with Gasteiger partial charge in [0.05, 0.1) is 6.42 Å². The van der Waals surface area contributed by atoms with Gasteiger partial charge in [0.15, 0.2) is 11.5 Å². The van der Waals surface area contributed by atoms with Gasteiger partial charge >= 0.3 is 0 Å². The second-order valence-electron chi connectivity index (χ2n) is 7.24. The lowest BCUT2D eigenvalue weighted by atomic mass is 10.00. The molecule has 0 saturated carbocycles. The average molecular weight is 372 g/mol. The number of carbonyl (C=O) groups excluding carboxylic acids is 2. The Morgan fingerprint density at radius 1 is 1.26 bits per heavy atom. The van der Waals surface area contributed by atoms with Crippen molar-refractivity contribution in [2.75, 3.05) is 31.6 Å². The van der Waals surface area contributed by atoms with Crippen molar-refractivity contribution in [1.29, 1.82) is 0 Å². The fourth-order valence-corrected chi connectivity index (χ4v) is 3.46. The van der Waals surface area contributed by atoms with E-state index in [2.05, 4.69) is 27.4 Å². The molecule has 1 saturated heterocycles. The molecule has 3 aliphatic rings. The van der Waals surface area contributed by atoms with Gasteiger partial charge in [-0.2, -0.15) is 0 Å². The van der Waals surface area contributed by atoms with Crippen molar-refractivity contribution in [2.24, 2.45) is 10.9 Å². The molecule has 144 valence electrons. The van der Waals surface area contributed by atoms with Crippen LogP contribution in [0.1, 0.15) is 26.2 Å². The molecule has 3 aliphatic heterocycles. The molecule has 1 aromatic rings. The van der Waals surface area contributed by atoms with Gasteiger partial charge in [-0.15, -0.1) is 0 Å². The molecular formula is C19H24N4O4. The fraction of sp³-hybridized carbons (Fsp3) is 0.526. The summed E-state index contributed by atoms with van der Waals surface area (Å²) in [6.45, 7) is 5.01. The van der Waals surface area contributed by atoms with E-state index < -0.39 is 6.04 Å². The van der Waals surface area contributed by atoms with Crippen molar-refractivity contribution in [3.05, 3.63) is 18.2 Å². The monoisotopic (exact) mass is 372 g/mol. The summed E-state index contributed by atoms with van der Waals surface area (Å²) in [5.74, 6) is 2.09. The minimum atomic E-state index is -0.684. The molecule has 0 aliphatic carbocycles. The number of rotatable bonds is 3. The number of anilines is 1. The number of nitrogens with one attached hydrogen (secondary N) is 2. The Kier molecular flexibility index (Phi) is 4.87. The second-order valence-corrected chi connectivity index (χ2v) is 7.24. The van der Waals surface area contributed by atoms with Crippen LogP contribution in [0, 0.1) is 5.92 Å². The molecule has 8 nitrogen and oxygen atoms in total. The normalized spacial score (nSPS) is 22.3. The first-order valence-corrected chi connectivity index (χ1v) is 9.41. The quantitative estimate of drug-likeness (QED) is 0.836. The van der Waals surface area contributed by atoms with Gasteiger partial charge in [-0.1, -0.05) is 6.92 Å². The van der Waals surface area contributed by atoms with Crippen LogP contribution in [0.2, 0.25) is 0 Å². The van der Waals surface area contributed by atoms with Crippen LogP contribution in [0.4, 0.5) is 5.69 Å². The number of benzene rings is 1. The molecule has 4 rings (SSSR count). The van der Waals surface area contributed by atoms with Gasteiger partial charge in [0.2, 0.25) is 11.9 Å². The second kappa shape index (κ2) is 7.46. The summed E-state index contributed by atoms with van der Waals surface area (Å²) in [6.07, 6.45) is 2.18. The number of likely N-dealkylation sites (tertiary alicyclic amines) is 1. The summed E-state index contributed by atoms with van der Waals surface area (Å²) in [7, 11) is 0. The van der Waals surface area contributed by atoms with Crippen LogP contribution in [0.3, 0.4) is 0 Å². The molecule has 0 aromatic heterocycles. The summed E-state index contributed by atoms with van der Waals surface area (Å²) < 4.78 is 11.0. The zero-order chi connectivity index (χ0) is 18.8. The van der Waals surface area contributed by atoms with E-state index in [-0.39, 0.29) is 18.2 Å². The Morgan fingerprint density at radius 3 is 2.78 bits per heavy atom. The molecule has 3 heterocycles. The fourth-order valence-electron chi connectivity index (χ4n) is 3.46. The van der Waals surface area contributed by atoms with Crippen LogP contribution in [0.15, 0.2) is 23.2 Å². The van der Waals surface area contributed by atoms with Gasteiger partial charge in [-0.3, -0.25) is 14.9 Å². The molecule has 27 heavy (non-hydrogen) atoms. The van der Waals surface area contributed by atoms with E-state index in [1.807, 2.05) is 0 Å². The molecular weight excluding hydrogens is 348 g/mol. The third kappa shape index (κ3) is 3.99. The first-order chi connectivity index (χ1) is 13.1. The van der Waals surface area contributed by atoms with Gasteiger partial charge in [-0.25, -0.2) is 4.99 Å². The lowest BCUT2D eigenvalue weighted by Gasteiger charge is -2.31. The molecule has 2 amide bonds. The van der Waals surface area contributed by atoms with Crippen molar-refractivity contribution in [3.8, 4) is 11.5 Å². The number of piperidine rings is 1. The van der Waals surface area contributed by atoms with Gasteiger partial charge in [-0.05, 0) is 30.9 Å². The maximum Gasteiger partial charge on any atom is 0.252 e. The molecule has 8 heteroatoms. The number of carbonyl (C=O) groups is 2. The number of ether oxygens (including phenoxy) is 2. The summed E-state index contributed by atoms with van der Waals surface area (Å²) in [6, 6.07) is 4.56. The Bertz CT molecular complexity index is 771. The van der Waals surface area contributed by atoms with Crippen LogP contribution < -0.4 is 20.1 Å². The largest absolute Gasteiger partial charge is 0.486 e. The Morgan fingerprint density at radius 2 is 2.00 bits per heavy atom. The lowest BCUT2D eigenvalue weighted by Crippen LogP contribution is -2.44. The molecule has 0 bridgehead atoms. The maximum atomic E-state index is 12.4. The van der Waals surface area contributed by atoms with Crippen molar-refractivity contribution in [2.45, 2.75) is 32.2 Å². The third-order valence-electron chi connectivity index (χ3n) is 5.10. The number of hydrogen-bond donors (Lipinski definition) is 2. The van der Waals surface area contributed by atoms with E-state index in [9.17, 15) is 9.59 Å². The Labute approximate surface area is 157 Å². The highest BCUT2D eigenvalue weighted by Gasteiger charge is 2.32. The highest BCUT2D eigenvalue weighted by molar-refractivity contribution is 6.07. The molecule has 1 aromatic carbocycles. The SMILES string of the molecule is CC1CCN(C2=NC(CC(=O)Nc3ccc4c(c3)OCCO4)C(=O)N2)CC1. The molecule has 0 spiro atoms. The van der Waals surface area contributed by atoms with Crippen LogP contribution in [-0.4, -0.2) is 55.0 Å². The van der Waals surface area contributed by atoms with Gasteiger partial charge in [0.1, 0.15) is 19.3 Å². The van der Waals surface area contributed by atoms with Crippen LogP contribution in [-0.2, 0) is 9.59 Å². The van der Waals surface area contributed by atoms with Crippen LogP contribution in [0.25, 0.3) is 0 Å². The number of amides is 2. The smallest absolute Gasteiger partial charge is 0.252 e. The van der Waals surface area contributed by atoms with E-state index in [0.29, 0.717) is 42.3 Å². The minimum Gasteiger partial charge on any atom is -0.486 e. The van der Waals surface area contributed by atoms with Crippen molar-refractivity contribution < 1.29 is 19.1 Å². The molecule has 1 unspecified atom stereocenters. The average Bonchev–Trinajstić information content (AvgIpc) is 3.02. The summed E-state index contributed by atoms with van der Waals surface area (Å²) in [5.41, 5.74) is 0.608. The molecule has 2 N–H and O–H groups in total. The minimum absolute atomic E-state index is 0.00795. The first-order valence-electron chi connectivity index (χ1n) is 9.41. The number of aliphatic imine (C=N–C) groups is 1. The molecule has 0 radical (unpaired) electrons. The number of guanidine groups is 1. The van der Waals surface area contributed by atoms with E-state index in [1.165, 1.54) is 0 Å². The predicted octanol–water partition coefficient (Wildman–Crippen LogP) is 1.37. The van der Waals surface area contributed by atoms with Crippen molar-refractivity contribution >= 4 is 23.5 Å². The Balaban J connectivity index is 1.35. The number of fused-ring (bicyclic) bond motifs is 1. The topological polar surface area (TPSA) is 92.3 Å². The highest BCUT2D eigenvalue weighted by atomic mass is 16.6. The maximum absolute atomic E-state index is 12.4. The first kappa shape index (κ1) is 17.6. The van der Waals surface area contributed by atoms with E-state index >= 15 is 0 Å². The van der Waals surface area contributed by atoms with Crippen LogP contribution in [0.5, 0.6) is 11.5 Å².